The highest BCUT2D eigenvalue weighted by atomic mass is 32.2. The molecule has 1 aliphatic rings. The van der Waals surface area contributed by atoms with Gasteiger partial charge in [-0.05, 0) is 75.6 Å². The maximum absolute atomic E-state index is 14.1. The lowest BCUT2D eigenvalue weighted by Crippen LogP contribution is -2.48. The van der Waals surface area contributed by atoms with Gasteiger partial charge in [0, 0.05) is 52.4 Å². The van der Waals surface area contributed by atoms with Crippen LogP contribution in [0.25, 0.3) is 0 Å². The van der Waals surface area contributed by atoms with Gasteiger partial charge < -0.3 is 24.4 Å². The fourth-order valence-corrected chi connectivity index (χ4v) is 5.97. The molecule has 3 rings (SSSR count). The van der Waals surface area contributed by atoms with Crippen LogP contribution in [0.5, 0.6) is 5.75 Å². The molecule has 0 radical (unpaired) electrons. The van der Waals surface area contributed by atoms with Crippen molar-refractivity contribution < 1.29 is 32.2 Å². The number of carbonyl (C=O) groups is 1. The number of nitrogens with zero attached hydrogens (tertiary/aromatic N) is 3. The standard InChI is InChI=1S/C30H44FN3O6S/c1-21-18-34(22(2)20-35)30(36)27-17-25(32(4)5)12-15-28(27)40-23(3)9-7-8-16-39-29(21)19-33(6)41(37,38)26-13-10-24(31)11-14-26/h10-15,17,21-23,29,35H,7-9,16,18-20H2,1-6H3/t21-,22-,23-,29-/m0/s1. The van der Waals surface area contributed by atoms with Gasteiger partial charge in [0.05, 0.1) is 35.3 Å². The second-order valence-electron chi connectivity index (χ2n) is 11.1. The van der Waals surface area contributed by atoms with E-state index < -0.39 is 28.0 Å². The molecule has 11 heteroatoms. The van der Waals surface area contributed by atoms with E-state index in [-0.39, 0.29) is 42.5 Å². The van der Waals surface area contributed by atoms with Crippen LogP contribution in [0.4, 0.5) is 10.1 Å². The zero-order valence-corrected chi connectivity index (χ0v) is 25.7. The number of likely N-dealkylation sites (N-methyl/N-ethyl adjacent to an activating group) is 1. The Morgan fingerprint density at radius 3 is 2.41 bits per heavy atom. The molecule has 0 saturated heterocycles. The summed E-state index contributed by atoms with van der Waals surface area (Å²) < 4.78 is 53.6. The molecule has 1 amide bonds. The van der Waals surface area contributed by atoms with Crippen molar-refractivity contribution in [2.24, 2.45) is 5.92 Å². The van der Waals surface area contributed by atoms with Crippen molar-refractivity contribution in [1.82, 2.24) is 9.21 Å². The third-order valence-electron chi connectivity index (χ3n) is 7.51. The number of anilines is 1. The van der Waals surface area contributed by atoms with Crippen molar-refractivity contribution in [3.8, 4) is 5.75 Å². The first kappa shape index (κ1) is 32.8. The number of benzene rings is 2. The van der Waals surface area contributed by atoms with Gasteiger partial charge in [-0.15, -0.1) is 0 Å². The molecule has 0 aromatic heterocycles. The van der Waals surface area contributed by atoms with E-state index in [4.69, 9.17) is 9.47 Å². The average molecular weight is 594 g/mol. The smallest absolute Gasteiger partial charge is 0.258 e. The van der Waals surface area contributed by atoms with E-state index in [2.05, 4.69) is 0 Å². The number of amides is 1. The highest BCUT2D eigenvalue weighted by Crippen LogP contribution is 2.29. The topological polar surface area (TPSA) is 99.6 Å². The highest BCUT2D eigenvalue weighted by Gasteiger charge is 2.32. The van der Waals surface area contributed by atoms with Gasteiger partial charge in [0.1, 0.15) is 11.6 Å². The number of ether oxygens (including phenoxy) is 2. The second-order valence-corrected chi connectivity index (χ2v) is 13.2. The van der Waals surface area contributed by atoms with E-state index in [9.17, 15) is 22.7 Å². The Balaban J connectivity index is 1.96. The van der Waals surface area contributed by atoms with Crippen molar-refractivity contribution in [3.63, 3.8) is 0 Å². The fourth-order valence-electron chi connectivity index (χ4n) is 4.79. The summed E-state index contributed by atoms with van der Waals surface area (Å²) >= 11 is 0. The number of hydrogen-bond acceptors (Lipinski definition) is 7. The number of fused-ring (bicyclic) bond motifs is 1. The molecule has 0 aliphatic carbocycles. The predicted octanol–water partition coefficient (Wildman–Crippen LogP) is 4.01. The molecule has 2 aromatic rings. The molecular formula is C30H44FN3O6S. The van der Waals surface area contributed by atoms with Crippen LogP contribution in [0.1, 0.15) is 50.4 Å². The Kier molecular flexibility index (Phi) is 11.5. The number of aliphatic hydroxyl groups is 1. The Bertz CT molecular complexity index is 1260. The van der Waals surface area contributed by atoms with Crippen molar-refractivity contribution in [2.75, 3.05) is 52.3 Å². The van der Waals surface area contributed by atoms with Gasteiger partial charge in [-0.25, -0.2) is 12.8 Å². The number of rotatable bonds is 7. The lowest BCUT2D eigenvalue weighted by Gasteiger charge is -2.35. The quantitative estimate of drug-likeness (QED) is 0.518. The lowest BCUT2D eigenvalue weighted by molar-refractivity contribution is -0.00833. The van der Waals surface area contributed by atoms with Crippen LogP contribution < -0.4 is 9.64 Å². The van der Waals surface area contributed by atoms with Gasteiger partial charge in [-0.1, -0.05) is 6.92 Å². The normalized spacial score (nSPS) is 22.0. The summed E-state index contributed by atoms with van der Waals surface area (Å²) in [6, 6.07) is 9.73. The molecule has 2 aromatic carbocycles. The van der Waals surface area contributed by atoms with E-state index in [0.29, 0.717) is 17.9 Å². The molecule has 41 heavy (non-hydrogen) atoms. The molecule has 1 aliphatic heterocycles. The molecule has 4 atom stereocenters. The zero-order valence-electron chi connectivity index (χ0n) is 24.9. The molecule has 0 bridgehead atoms. The second kappa shape index (κ2) is 14.4. The van der Waals surface area contributed by atoms with E-state index in [1.807, 2.05) is 45.0 Å². The Morgan fingerprint density at radius 1 is 1.10 bits per heavy atom. The summed E-state index contributed by atoms with van der Waals surface area (Å²) in [5.74, 6) is -0.600. The maximum atomic E-state index is 14.1. The monoisotopic (exact) mass is 593 g/mol. The van der Waals surface area contributed by atoms with Crippen LogP contribution in [-0.4, -0.2) is 94.3 Å². The average Bonchev–Trinajstić information content (AvgIpc) is 2.93. The van der Waals surface area contributed by atoms with Gasteiger partial charge in [-0.3, -0.25) is 4.79 Å². The van der Waals surface area contributed by atoms with Crippen molar-refractivity contribution >= 4 is 21.6 Å². The van der Waals surface area contributed by atoms with Crippen LogP contribution in [0.3, 0.4) is 0 Å². The van der Waals surface area contributed by atoms with E-state index in [0.717, 1.165) is 37.1 Å². The van der Waals surface area contributed by atoms with E-state index in [1.54, 1.807) is 17.9 Å². The van der Waals surface area contributed by atoms with Crippen molar-refractivity contribution in [2.45, 2.75) is 63.2 Å². The lowest BCUT2D eigenvalue weighted by atomic mass is 10.0. The zero-order chi connectivity index (χ0) is 30.3. The minimum absolute atomic E-state index is 0.0112. The number of sulfonamides is 1. The maximum Gasteiger partial charge on any atom is 0.258 e. The number of hydrogen-bond donors (Lipinski definition) is 1. The van der Waals surface area contributed by atoms with Crippen LogP contribution in [0.2, 0.25) is 0 Å². The number of halogens is 1. The first-order valence-corrected chi connectivity index (χ1v) is 15.5. The fraction of sp³-hybridized carbons (Fsp3) is 0.567. The SMILES string of the molecule is C[C@H]1CCCCO[C@@H](CN(C)S(=O)(=O)c2ccc(F)cc2)[C@@H](C)CN([C@@H](C)CO)C(=O)c2cc(N(C)C)ccc2O1. The highest BCUT2D eigenvalue weighted by molar-refractivity contribution is 7.89. The molecule has 228 valence electrons. The van der Waals surface area contributed by atoms with Gasteiger partial charge in [0.2, 0.25) is 10.0 Å². The summed E-state index contributed by atoms with van der Waals surface area (Å²) in [5.41, 5.74) is 1.24. The van der Waals surface area contributed by atoms with Crippen molar-refractivity contribution in [3.05, 3.63) is 53.8 Å². The van der Waals surface area contributed by atoms with Gasteiger partial charge >= 0.3 is 0 Å². The summed E-state index contributed by atoms with van der Waals surface area (Å²) in [4.78, 5) is 17.6. The van der Waals surface area contributed by atoms with Crippen LogP contribution in [0.15, 0.2) is 47.4 Å². The molecule has 0 saturated carbocycles. The largest absolute Gasteiger partial charge is 0.490 e. The van der Waals surface area contributed by atoms with Crippen molar-refractivity contribution in [1.29, 1.82) is 0 Å². The van der Waals surface area contributed by atoms with E-state index >= 15 is 0 Å². The Morgan fingerprint density at radius 2 is 1.78 bits per heavy atom. The number of carbonyl (C=O) groups excluding carboxylic acids is 1. The minimum Gasteiger partial charge on any atom is -0.490 e. The Labute approximate surface area is 243 Å². The van der Waals surface area contributed by atoms with Gasteiger partial charge in [0.15, 0.2) is 0 Å². The molecule has 0 spiro atoms. The first-order chi connectivity index (χ1) is 19.3. The Hall–Kier alpha value is -2.73. The predicted molar refractivity (Wildman–Crippen MR) is 157 cm³/mol. The van der Waals surface area contributed by atoms with E-state index in [1.165, 1.54) is 23.5 Å². The van der Waals surface area contributed by atoms with Gasteiger partial charge in [-0.2, -0.15) is 4.31 Å². The first-order valence-electron chi connectivity index (χ1n) is 14.1. The third-order valence-corrected chi connectivity index (χ3v) is 9.35. The molecule has 1 heterocycles. The molecule has 0 unspecified atom stereocenters. The van der Waals surface area contributed by atoms with Crippen LogP contribution in [0, 0.1) is 11.7 Å². The van der Waals surface area contributed by atoms with Crippen LogP contribution in [-0.2, 0) is 14.8 Å². The summed E-state index contributed by atoms with van der Waals surface area (Å²) in [6.07, 6.45) is 1.66. The summed E-state index contributed by atoms with van der Waals surface area (Å²) in [6.45, 7) is 6.08. The minimum atomic E-state index is -3.90. The third kappa shape index (κ3) is 8.41. The molecular weight excluding hydrogens is 549 g/mol. The number of aliphatic hydroxyl groups excluding tert-OH is 1. The summed E-state index contributed by atoms with van der Waals surface area (Å²) in [5, 5.41) is 10.1. The molecule has 0 fully saturated rings. The molecule has 9 nitrogen and oxygen atoms in total. The van der Waals surface area contributed by atoms with Gasteiger partial charge in [0.25, 0.3) is 5.91 Å². The van der Waals surface area contributed by atoms with Crippen LogP contribution >= 0.6 is 0 Å². The molecule has 1 N–H and O–H groups in total. The summed E-state index contributed by atoms with van der Waals surface area (Å²) in [7, 11) is 1.36.